The van der Waals surface area contributed by atoms with E-state index in [1.54, 1.807) is 24.3 Å². The van der Waals surface area contributed by atoms with Crippen molar-refractivity contribution in [3.8, 4) is 0 Å². The number of hydrogen-bond donors (Lipinski definition) is 2. The molecule has 0 saturated heterocycles. The van der Waals surface area contributed by atoms with E-state index in [2.05, 4.69) is 20.8 Å². The fourth-order valence-electron chi connectivity index (χ4n) is 1.95. The molecule has 0 unspecified atom stereocenters. The van der Waals surface area contributed by atoms with Crippen molar-refractivity contribution in [3.05, 3.63) is 29.8 Å². The molecule has 1 heterocycles. The minimum atomic E-state index is -0.186. The highest BCUT2D eigenvalue weighted by molar-refractivity contribution is 8.01. The van der Waals surface area contributed by atoms with Crippen LogP contribution in [0.25, 0.3) is 0 Å². The maximum absolute atomic E-state index is 12.0. The molecule has 2 amide bonds. The van der Waals surface area contributed by atoms with Crippen LogP contribution in [0.4, 0.5) is 10.8 Å². The summed E-state index contributed by atoms with van der Waals surface area (Å²) in [6.45, 7) is 3.52. The fourth-order valence-corrected chi connectivity index (χ4v) is 3.52. The molecular weight excluding hydrogens is 372 g/mol. The Hall–Kier alpha value is -2.26. The highest BCUT2D eigenvalue weighted by Gasteiger charge is 2.10. The van der Waals surface area contributed by atoms with Crippen LogP contribution in [0.1, 0.15) is 43.5 Å². The summed E-state index contributed by atoms with van der Waals surface area (Å²) in [7, 11) is 0. The van der Waals surface area contributed by atoms with Gasteiger partial charge in [0.15, 0.2) is 10.1 Å². The van der Waals surface area contributed by atoms with E-state index in [0.717, 1.165) is 12.8 Å². The molecule has 0 aliphatic carbocycles. The van der Waals surface area contributed by atoms with Crippen molar-refractivity contribution in [2.45, 2.75) is 37.4 Å². The van der Waals surface area contributed by atoms with Crippen LogP contribution in [-0.4, -0.2) is 33.5 Å². The van der Waals surface area contributed by atoms with E-state index >= 15 is 0 Å². The van der Waals surface area contributed by atoms with Crippen LogP contribution < -0.4 is 10.6 Å². The van der Waals surface area contributed by atoms with Gasteiger partial charge in [0.1, 0.15) is 0 Å². The molecule has 0 radical (unpaired) electrons. The molecule has 0 saturated carbocycles. The third-order valence-electron chi connectivity index (χ3n) is 3.31. The molecule has 1 aromatic carbocycles. The molecule has 0 bridgehead atoms. The average Bonchev–Trinajstić information content (AvgIpc) is 3.06. The Kier molecular flexibility index (Phi) is 7.73. The molecule has 0 aliphatic heterocycles. The number of aromatic nitrogens is 2. The third-order valence-corrected chi connectivity index (χ3v) is 5.28. The predicted octanol–water partition coefficient (Wildman–Crippen LogP) is 3.60. The number of nitrogens with zero attached hydrogens (tertiary/aromatic N) is 2. The summed E-state index contributed by atoms with van der Waals surface area (Å²) >= 11 is 2.49. The highest BCUT2D eigenvalue weighted by Crippen LogP contribution is 2.25. The Morgan fingerprint density at radius 1 is 1.08 bits per heavy atom. The van der Waals surface area contributed by atoms with Gasteiger partial charge >= 0.3 is 0 Å². The lowest BCUT2D eigenvalue weighted by atomic mass is 10.1. The number of anilines is 2. The van der Waals surface area contributed by atoms with Crippen molar-refractivity contribution in [1.82, 2.24) is 10.2 Å². The number of unbranched alkanes of at least 4 members (excludes halogenated alkanes) is 1. The van der Waals surface area contributed by atoms with Crippen LogP contribution >= 0.6 is 23.1 Å². The number of nitrogens with one attached hydrogen (secondary N) is 2. The molecule has 2 rings (SSSR count). The van der Waals surface area contributed by atoms with Crippen LogP contribution in [0.5, 0.6) is 0 Å². The lowest BCUT2D eigenvalue weighted by Crippen LogP contribution is -2.14. The van der Waals surface area contributed by atoms with Crippen molar-refractivity contribution in [2.24, 2.45) is 0 Å². The van der Waals surface area contributed by atoms with E-state index in [4.69, 9.17) is 0 Å². The van der Waals surface area contributed by atoms with E-state index < -0.39 is 0 Å². The number of Topliss-reactive ketones (excluding diaryl/α,β-unsaturated/α-hetero) is 1. The zero-order valence-corrected chi connectivity index (χ0v) is 16.2. The van der Waals surface area contributed by atoms with Gasteiger partial charge in [-0.2, -0.15) is 0 Å². The first kappa shape index (κ1) is 20.1. The van der Waals surface area contributed by atoms with Crippen molar-refractivity contribution < 1.29 is 14.4 Å². The molecule has 0 aliphatic rings. The smallest absolute Gasteiger partial charge is 0.234 e. The van der Waals surface area contributed by atoms with E-state index in [1.165, 1.54) is 30.0 Å². The molecular formula is C17H20N4O3S2. The first-order chi connectivity index (χ1) is 12.5. The summed E-state index contributed by atoms with van der Waals surface area (Å²) < 4.78 is 0.609. The number of carbonyl (C=O) groups excluding carboxylic acids is 3. The number of thioether (sulfide) groups is 1. The van der Waals surface area contributed by atoms with Crippen molar-refractivity contribution >= 4 is 51.5 Å². The van der Waals surface area contributed by atoms with Gasteiger partial charge in [0.05, 0.1) is 5.75 Å². The summed E-state index contributed by atoms with van der Waals surface area (Å²) in [5.41, 5.74) is 1.22. The van der Waals surface area contributed by atoms with E-state index in [9.17, 15) is 14.4 Å². The number of benzene rings is 1. The van der Waals surface area contributed by atoms with Crippen molar-refractivity contribution in [1.29, 1.82) is 0 Å². The summed E-state index contributed by atoms with van der Waals surface area (Å²) in [6, 6.07) is 6.72. The Morgan fingerprint density at radius 2 is 1.81 bits per heavy atom. The summed E-state index contributed by atoms with van der Waals surface area (Å²) in [4.78, 5) is 34.9. The minimum absolute atomic E-state index is 0.0210. The summed E-state index contributed by atoms with van der Waals surface area (Å²) in [5, 5.41) is 13.8. The van der Waals surface area contributed by atoms with Crippen LogP contribution in [0.2, 0.25) is 0 Å². The van der Waals surface area contributed by atoms with Crippen molar-refractivity contribution in [3.63, 3.8) is 0 Å². The lowest BCUT2D eigenvalue weighted by Gasteiger charge is -2.04. The minimum Gasteiger partial charge on any atom is -0.325 e. The number of amides is 2. The second-order valence-corrected chi connectivity index (χ2v) is 7.70. The largest absolute Gasteiger partial charge is 0.325 e. The molecule has 0 spiro atoms. The van der Waals surface area contributed by atoms with E-state index in [1.807, 2.05) is 6.92 Å². The van der Waals surface area contributed by atoms with Gasteiger partial charge in [0, 0.05) is 17.7 Å². The molecule has 26 heavy (non-hydrogen) atoms. The number of hydrogen-bond acceptors (Lipinski definition) is 7. The lowest BCUT2D eigenvalue weighted by molar-refractivity contribution is -0.116. The predicted molar refractivity (Wildman–Crippen MR) is 104 cm³/mol. The average molecular weight is 393 g/mol. The van der Waals surface area contributed by atoms with Crippen LogP contribution in [-0.2, 0) is 9.59 Å². The standard InChI is InChI=1S/C17H20N4O3S2/c1-3-4-5-14(23)19-16-20-21-17(26-16)25-10-15(24)18-13-8-6-12(7-9-13)11(2)22/h6-9H,3-5,10H2,1-2H3,(H,18,24)(H,19,20,23). The Morgan fingerprint density at radius 3 is 2.46 bits per heavy atom. The van der Waals surface area contributed by atoms with Gasteiger partial charge in [-0.05, 0) is 37.6 Å². The molecule has 1 aromatic heterocycles. The topological polar surface area (TPSA) is 101 Å². The first-order valence-corrected chi connectivity index (χ1v) is 9.95. The molecule has 0 atom stereocenters. The monoisotopic (exact) mass is 392 g/mol. The highest BCUT2D eigenvalue weighted by atomic mass is 32.2. The SMILES string of the molecule is CCCCC(=O)Nc1nnc(SCC(=O)Nc2ccc(C(C)=O)cc2)s1. The van der Waals surface area contributed by atoms with Gasteiger partial charge in [0.25, 0.3) is 0 Å². The second-order valence-electron chi connectivity index (χ2n) is 5.50. The van der Waals surface area contributed by atoms with Crippen LogP contribution in [0.15, 0.2) is 28.6 Å². The van der Waals surface area contributed by atoms with Gasteiger partial charge in [-0.1, -0.05) is 36.4 Å². The molecule has 2 N–H and O–H groups in total. The Labute approximate surface area is 160 Å². The molecule has 7 nitrogen and oxygen atoms in total. The van der Waals surface area contributed by atoms with Gasteiger partial charge < -0.3 is 10.6 Å². The first-order valence-electron chi connectivity index (χ1n) is 8.15. The van der Waals surface area contributed by atoms with Crippen molar-refractivity contribution in [2.75, 3.05) is 16.4 Å². The second kappa shape index (κ2) is 10.0. The zero-order valence-electron chi connectivity index (χ0n) is 14.6. The number of carbonyl (C=O) groups is 3. The molecule has 2 aromatic rings. The van der Waals surface area contributed by atoms with Crippen LogP contribution in [0, 0.1) is 0 Å². The Bertz CT molecular complexity index is 775. The van der Waals surface area contributed by atoms with E-state index in [0.29, 0.717) is 27.1 Å². The maximum atomic E-state index is 12.0. The maximum Gasteiger partial charge on any atom is 0.234 e. The summed E-state index contributed by atoms with van der Waals surface area (Å²) in [5.74, 6) is -0.111. The summed E-state index contributed by atoms with van der Waals surface area (Å²) in [6.07, 6.45) is 2.25. The normalized spacial score (nSPS) is 10.4. The zero-order chi connectivity index (χ0) is 18.9. The number of rotatable bonds is 9. The molecule has 138 valence electrons. The van der Waals surface area contributed by atoms with Crippen LogP contribution in [0.3, 0.4) is 0 Å². The Balaban J connectivity index is 1.78. The van der Waals surface area contributed by atoms with Gasteiger partial charge in [-0.15, -0.1) is 10.2 Å². The molecule has 9 heteroatoms. The van der Waals surface area contributed by atoms with Gasteiger partial charge in [-0.25, -0.2) is 0 Å². The molecule has 0 fully saturated rings. The van der Waals surface area contributed by atoms with Gasteiger partial charge in [-0.3, -0.25) is 14.4 Å². The third kappa shape index (κ3) is 6.57. The quantitative estimate of drug-likeness (QED) is 0.384. The van der Waals surface area contributed by atoms with Gasteiger partial charge in [0.2, 0.25) is 16.9 Å². The van der Waals surface area contributed by atoms with E-state index in [-0.39, 0.29) is 23.4 Å². The number of ketones is 1. The fraction of sp³-hybridized carbons (Fsp3) is 0.353.